The van der Waals surface area contributed by atoms with Crippen molar-refractivity contribution in [2.24, 2.45) is 11.8 Å². The van der Waals surface area contributed by atoms with Crippen LogP contribution in [0.4, 0.5) is 0 Å². The van der Waals surface area contributed by atoms with Gasteiger partial charge in [0.15, 0.2) is 0 Å². The van der Waals surface area contributed by atoms with Gasteiger partial charge in [0, 0.05) is 26.1 Å². The lowest BCUT2D eigenvalue weighted by molar-refractivity contribution is -0.137. The highest BCUT2D eigenvalue weighted by molar-refractivity contribution is 5.79. The first-order valence-corrected chi connectivity index (χ1v) is 5.30. The number of carboxylic acids is 1. The molecule has 5 nitrogen and oxygen atoms in total. The number of hydrogen-bond acceptors (Lipinski definition) is 3. The van der Waals surface area contributed by atoms with Crippen molar-refractivity contribution in [1.82, 2.24) is 10.6 Å². The summed E-state index contributed by atoms with van der Waals surface area (Å²) in [5.41, 5.74) is 0. The van der Waals surface area contributed by atoms with Gasteiger partial charge in [0.05, 0.1) is 5.92 Å². The molecule has 1 saturated heterocycles. The highest BCUT2D eigenvalue weighted by atomic mass is 16.4. The van der Waals surface area contributed by atoms with Crippen LogP contribution in [0.5, 0.6) is 0 Å². The van der Waals surface area contributed by atoms with E-state index in [-0.39, 0.29) is 24.2 Å². The van der Waals surface area contributed by atoms with Gasteiger partial charge in [-0.2, -0.15) is 0 Å². The number of aliphatic carboxylic acids is 1. The van der Waals surface area contributed by atoms with Gasteiger partial charge in [-0.05, 0) is 12.3 Å². The predicted molar refractivity (Wildman–Crippen MR) is 55.4 cm³/mol. The van der Waals surface area contributed by atoms with Crippen LogP contribution >= 0.6 is 0 Å². The van der Waals surface area contributed by atoms with Crippen molar-refractivity contribution in [2.75, 3.05) is 19.6 Å². The molecule has 1 aliphatic heterocycles. The monoisotopic (exact) mass is 214 g/mol. The van der Waals surface area contributed by atoms with Crippen LogP contribution in [-0.2, 0) is 9.59 Å². The molecule has 0 aromatic rings. The summed E-state index contributed by atoms with van der Waals surface area (Å²) in [5, 5.41) is 14.3. The number of carbonyl (C=O) groups excluding carboxylic acids is 1. The van der Waals surface area contributed by atoms with Gasteiger partial charge in [0.25, 0.3) is 0 Å². The van der Waals surface area contributed by atoms with E-state index in [2.05, 4.69) is 10.6 Å². The molecule has 1 atom stereocenters. The summed E-state index contributed by atoms with van der Waals surface area (Å²) in [6.07, 6.45) is 0.778. The molecule has 1 rings (SSSR count). The largest absolute Gasteiger partial charge is 0.481 e. The summed E-state index contributed by atoms with van der Waals surface area (Å²) in [7, 11) is 0. The second kappa shape index (κ2) is 5.70. The van der Waals surface area contributed by atoms with Crippen LogP contribution in [0.2, 0.25) is 0 Å². The van der Waals surface area contributed by atoms with Crippen LogP contribution < -0.4 is 10.6 Å². The Labute approximate surface area is 89.2 Å². The first kappa shape index (κ1) is 12.0. The molecule has 1 aliphatic rings. The average molecular weight is 214 g/mol. The summed E-state index contributed by atoms with van der Waals surface area (Å²) in [5.74, 6) is -0.373. The zero-order valence-electron chi connectivity index (χ0n) is 8.95. The Balaban J connectivity index is 2.07. The Bertz CT molecular complexity index is 239. The quantitative estimate of drug-likeness (QED) is 0.573. The van der Waals surface area contributed by atoms with Crippen molar-refractivity contribution in [3.8, 4) is 0 Å². The van der Waals surface area contributed by atoms with Gasteiger partial charge in [0.1, 0.15) is 0 Å². The van der Waals surface area contributed by atoms with E-state index in [9.17, 15) is 9.59 Å². The molecule has 86 valence electrons. The molecule has 1 heterocycles. The number of carbonyl (C=O) groups is 2. The lowest BCUT2D eigenvalue weighted by Crippen LogP contribution is -2.51. The fourth-order valence-electron chi connectivity index (χ4n) is 1.37. The van der Waals surface area contributed by atoms with Gasteiger partial charge < -0.3 is 15.7 Å². The van der Waals surface area contributed by atoms with Crippen LogP contribution in [0.25, 0.3) is 0 Å². The lowest BCUT2D eigenvalue weighted by atomic mass is 10.0. The van der Waals surface area contributed by atoms with Gasteiger partial charge in [-0.15, -0.1) is 0 Å². The molecule has 1 fully saturated rings. The third-order valence-corrected chi connectivity index (χ3v) is 2.63. The SMILES string of the molecule is CC(CCC(=O)O)CNC(=O)C1CNC1. The van der Waals surface area contributed by atoms with E-state index in [0.29, 0.717) is 13.0 Å². The lowest BCUT2D eigenvalue weighted by Gasteiger charge is -2.26. The Kier molecular flexibility index (Phi) is 4.55. The van der Waals surface area contributed by atoms with Crippen molar-refractivity contribution in [2.45, 2.75) is 19.8 Å². The molecule has 5 heteroatoms. The number of rotatable bonds is 6. The van der Waals surface area contributed by atoms with Crippen LogP contribution in [0, 0.1) is 11.8 Å². The highest BCUT2D eigenvalue weighted by Gasteiger charge is 2.24. The fraction of sp³-hybridized carbons (Fsp3) is 0.800. The summed E-state index contributed by atoms with van der Waals surface area (Å²) >= 11 is 0. The van der Waals surface area contributed by atoms with Gasteiger partial charge >= 0.3 is 5.97 Å². The van der Waals surface area contributed by atoms with Crippen molar-refractivity contribution in [3.63, 3.8) is 0 Å². The minimum atomic E-state index is -0.781. The topological polar surface area (TPSA) is 78.4 Å². The molecule has 0 aliphatic carbocycles. The highest BCUT2D eigenvalue weighted by Crippen LogP contribution is 2.06. The van der Waals surface area contributed by atoms with Gasteiger partial charge in [-0.3, -0.25) is 9.59 Å². The third-order valence-electron chi connectivity index (χ3n) is 2.63. The Morgan fingerprint density at radius 3 is 2.67 bits per heavy atom. The second-order valence-electron chi connectivity index (χ2n) is 4.14. The fourth-order valence-corrected chi connectivity index (χ4v) is 1.37. The molecule has 1 unspecified atom stereocenters. The van der Waals surface area contributed by atoms with E-state index in [1.165, 1.54) is 0 Å². The molecular weight excluding hydrogens is 196 g/mol. The Morgan fingerprint density at radius 1 is 1.53 bits per heavy atom. The Hall–Kier alpha value is -1.10. The maximum atomic E-state index is 11.4. The number of amides is 1. The smallest absolute Gasteiger partial charge is 0.303 e. The number of nitrogens with one attached hydrogen (secondary N) is 2. The maximum absolute atomic E-state index is 11.4. The van der Waals surface area contributed by atoms with Gasteiger partial charge in [-0.1, -0.05) is 6.92 Å². The van der Waals surface area contributed by atoms with Crippen LogP contribution in [0.15, 0.2) is 0 Å². The first-order valence-electron chi connectivity index (χ1n) is 5.30. The normalized spacial score (nSPS) is 17.9. The van der Waals surface area contributed by atoms with Crippen LogP contribution in [-0.4, -0.2) is 36.6 Å². The molecule has 1 amide bonds. The second-order valence-corrected chi connectivity index (χ2v) is 4.14. The van der Waals surface area contributed by atoms with Crippen molar-refractivity contribution in [1.29, 1.82) is 0 Å². The third kappa shape index (κ3) is 4.29. The molecule has 0 spiro atoms. The minimum Gasteiger partial charge on any atom is -0.481 e. The molecular formula is C10H18N2O3. The molecule has 0 bridgehead atoms. The minimum absolute atomic E-state index is 0.0796. The predicted octanol–water partition coefficient (Wildman–Crippen LogP) is -0.177. The van der Waals surface area contributed by atoms with Crippen molar-refractivity contribution in [3.05, 3.63) is 0 Å². The summed E-state index contributed by atoms with van der Waals surface area (Å²) in [6, 6.07) is 0. The molecule has 15 heavy (non-hydrogen) atoms. The molecule has 3 N–H and O–H groups in total. The van der Waals surface area contributed by atoms with Crippen LogP contribution in [0.1, 0.15) is 19.8 Å². The zero-order valence-corrected chi connectivity index (χ0v) is 8.95. The number of hydrogen-bond donors (Lipinski definition) is 3. The molecule has 0 aromatic carbocycles. The van der Waals surface area contributed by atoms with Gasteiger partial charge in [0.2, 0.25) is 5.91 Å². The molecule has 0 radical (unpaired) electrons. The van der Waals surface area contributed by atoms with E-state index in [1.807, 2.05) is 6.92 Å². The van der Waals surface area contributed by atoms with E-state index >= 15 is 0 Å². The van der Waals surface area contributed by atoms with Crippen molar-refractivity contribution >= 4 is 11.9 Å². The van der Waals surface area contributed by atoms with E-state index in [4.69, 9.17) is 5.11 Å². The average Bonchev–Trinajstić information content (AvgIpc) is 2.08. The van der Waals surface area contributed by atoms with Gasteiger partial charge in [-0.25, -0.2) is 0 Å². The maximum Gasteiger partial charge on any atom is 0.303 e. The first-order chi connectivity index (χ1) is 7.09. The molecule has 0 aromatic heterocycles. The van der Waals surface area contributed by atoms with E-state index in [0.717, 1.165) is 13.1 Å². The van der Waals surface area contributed by atoms with E-state index in [1.54, 1.807) is 0 Å². The standard InChI is InChI=1S/C10H18N2O3/c1-7(2-3-9(13)14)4-12-10(15)8-5-11-6-8/h7-8,11H,2-6H2,1H3,(H,12,15)(H,13,14). The zero-order chi connectivity index (χ0) is 11.3. The summed E-state index contributed by atoms with van der Waals surface area (Å²) in [4.78, 5) is 21.7. The van der Waals surface area contributed by atoms with Crippen LogP contribution in [0.3, 0.4) is 0 Å². The van der Waals surface area contributed by atoms with E-state index < -0.39 is 5.97 Å². The number of carboxylic acid groups (broad SMARTS) is 1. The summed E-state index contributed by atoms with van der Waals surface area (Å²) < 4.78 is 0. The summed E-state index contributed by atoms with van der Waals surface area (Å²) in [6.45, 7) is 4.04. The molecule has 0 saturated carbocycles. The van der Waals surface area contributed by atoms with Crippen molar-refractivity contribution < 1.29 is 14.7 Å². The Morgan fingerprint density at radius 2 is 2.20 bits per heavy atom.